The Balaban J connectivity index is 3.88. The lowest BCUT2D eigenvalue weighted by atomic mass is 9.86. The lowest BCUT2D eigenvalue weighted by Gasteiger charge is -2.34. The number of rotatable bonds is 7. The van der Waals surface area contributed by atoms with Gasteiger partial charge in [-0.1, -0.05) is 20.8 Å². The summed E-state index contributed by atoms with van der Waals surface area (Å²) < 4.78 is 0. The first-order chi connectivity index (χ1) is 7.27. The van der Waals surface area contributed by atoms with Gasteiger partial charge in [0, 0.05) is 12.6 Å². The SMILES string of the molecule is CN[C@H](CN(C)CCCN(C)C)C(C)(C)C. The van der Waals surface area contributed by atoms with Gasteiger partial charge in [0.25, 0.3) is 0 Å². The van der Waals surface area contributed by atoms with Gasteiger partial charge in [-0.3, -0.25) is 0 Å². The quantitative estimate of drug-likeness (QED) is 0.714. The van der Waals surface area contributed by atoms with Crippen LogP contribution < -0.4 is 5.32 Å². The van der Waals surface area contributed by atoms with Crippen molar-refractivity contribution in [3.05, 3.63) is 0 Å². The zero-order valence-electron chi connectivity index (χ0n) is 12.3. The van der Waals surface area contributed by atoms with E-state index >= 15 is 0 Å². The second-order valence-electron chi connectivity index (χ2n) is 6.13. The molecule has 0 aliphatic heterocycles. The lowest BCUT2D eigenvalue weighted by molar-refractivity contribution is 0.197. The van der Waals surface area contributed by atoms with Crippen LogP contribution in [-0.2, 0) is 0 Å². The number of likely N-dealkylation sites (N-methyl/N-ethyl adjacent to an activating group) is 2. The fourth-order valence-corrected chi connectivity index (χ4v) is 1.86. The van der Waals surface area contributed by atoms with E-state index in [-0.39, 0.29) is 0 Å². The van der Waals surface area contributed by atoms with E-state index in [2.05, 4.69) is 64.1 Å². The van der Waals surface area contributed by atoms with E-state index in [0.717, 1.165) is 6.54 Å². The third-order valence-corrected chi connectivity index (χ3v) is 3.03. The van der Waals surface area contributed by atoms with Crippen molar-refractivity contribution in [3.8, 4) is 0 Å². The third kappa shape index (κ3) is 7.20. The van der Waals surface area contributed by atoms with Crippen LogP contribution in [-0.4, -0.2) is 63.7 Å². The Hall–Kier alpha value is -0.120. The van der Waals surface area contributed by atoms with E-state index in [1.807, 2.05) is 0 Å². The summed E-state index contributed by atoms with van der Waals surface area (Å²) in [5.74, 6) is 0. The van der Waals surface area contributed by atoms with Crippen LogP contribution in [0, 0.1) is 5.41 Å². The maximum Gasteiger partial charge on any atom is 0.0240 e. The molecule has 0 radical (unpaired) electrons. The van der Waals surface area contributed by atoms with Gasteiger partial charge in [0.05, 0.1) is 0 Å². The minimum Gasteiger partial charge on any atom is -0.315 e. The number of nitrogens with one attached hydrogen (secondary N) is 1. The molecule has 0 aromatic heterocycles. The summed E-state index contributed by atoms with van der Waals surface area (Å²) in [4.78, 5) is 4.67. The molecular weight excluding hydrogens is 198 g/mol. The minimum atomic E-state index is 0.324. The summed E-state index contributed by atoms with van der Waals surface area (Å²) in [6, 6.07) is 0.553. The summed E-state index contributed by atoms with van der Waals surface area (Å²) >= 11 is 0. The van der Waals surface area contributed by atoms with Crippen LogP contribution >= 0.6 is 0 Å². The smallest absolute Gasteiger partial charge is 0.0240 e. The standard InChI is InChI=1S/C13H31N3/c1-13(2,3)12(14-4)11-16(7)10-8-9-15(5)6/h12,14H,8-11H2,1-7H3/t12-/m1/s1. The minimum absolute atomic E-state index is 0.324. The predicted molar refractivity (Wildman–Crippen MR) is 73.0 cm³/mol. The highest BCUT2D eigenvalue weighted by Crippen LogP contribution is 2.19. The van der Waals surface area contributed by atoms with Crippen molar-refractivity contribution in [3.63, 3.8) is 0 Å². The molecule has 0 saturated heterocycles. The lowest BCUT2D eigenvalue weighted by Crippen LogP contribution is -2.46. The van der Waals surface area contributed by atoms with Crippen LogP contribution in [0.15, 0.2) is 0 Å². The summed E-state index contributed by atoms with van der Waals surface area (Å²) in [7, 11) is 8.53. The summed E-state index contributed by atoms with van der Waals surface area (Å²) in [5, 5.41) is 3.42. The molecule has 0 rings (SSSR count). The van der Waals surface area contributed by atoms with Gasteiger partial charge in [-0.05, 0) is 53.1 Å². The molecule has 0 amide bonds. The Kier molecular flexibility index (Phi) is 7.20. The fraction of sp³-hybridized carbons (Fsp3) is 1.00. The number of hydrogen-bond donors (Lipinski definition) is 1. The van der Waals surface area contributed by atoms with Crippen LogP contribution in [0.1, 0.15) is 27.2 Å². The normalized spacial score (nSPS) is 14.8. The molecule has 3 heteroatoms. The van der Waals surface area contributed by atoms with Gasteiger partial charge in [0.2, 0.25) is 0 Å². The van der Waals surface area contributed by atoms with Crippen molar-refractivity contribution < 1.29 is 0 Å². The first-order valence-electron chi connectivity index (χ1n) is 6.28. The monoisotopic (exact) mass is 229 g/mol. The first kappa shape index (κ1) is 15.9. The molecule has 0 aliphatic rings. The van der Waals surface area contributed by atoms with Crippen molar-refractivity contribution in [2.45, 2.75) is 33.2 Å². The molecule has 0 aliphatic carbocycles. The van der Waals surface area contributed by atoms with Crippen molar-refractivity contribution >= 4 is 0 Å². The molecule has 16 heavy (non-hydrogen) atoms. The second-order valence-corrected chi connectivity index (χ2v) is 6.13. The van der Waals surface area contributed by atoms with Crippen molar-refractivity contribution in [2.24, 2.45) is 5.41 Å². The summed E-state index contributed by atoms with van der Waals surface area (Å²) in [6.07, 6.45) is 1.24. The first-order valence-corrected chi connectivity index (χ1v) is 6.28. The molecule has 3 nitrogen and oxygen atoms in total. The highest BCUT2D eigenvalue weighted by atomic mass is 15.1. The van der Waals surface area contributed by atoms with E-state index in [1.54, 1.807) is 0 Å². The number of nitrogens with zero attached hydrogens (tertiary/aromatic N) is 2. The molecule has 0 bridgehead atoms. The van der Waals surface area contributed by atoms with Gasteiger partial charge in [-0.2, -0.15) is 0 Å². The van der Waals surface area contributed by atoms with Crippen molar-refractivity contribution in [1.29, 1.82) is 0 Å². The van der Waals surface area contributed by atoms with Crippen LogP contribution in [0.4, 0.5) is 0 Å². The van der Waals surface area contributed by atoms with Crippen LogP contribution in [0.5, 0.6) is 0 Å². The van der Waals surface area contributed by atoms with Gasteiger partial charge in [0.1, 0.15) is 0 Å². The topological polar surface area (TPSA) is 18.5 Å². The van der Waals surface area contributed by atoms with E-state index in [1.165, 1.54) is 19.5 Å². The zero-order chi connectivity index (χ0) is 12.8. The van der Waals surface area contributed by atoms with Gasteiger partial charge < -0.3 is 15.1 Å². The van der Waals surface area contributed by atoms with E-state index in [9.17, 15) is 0 Å². The summed E-state index contributed by atoms with van der Waals surface area (Å²) in [6.45, 7) is 10.3. The highest BCUT2D eigenvalue weighted by Gasteiger charge is 2.23. The Morgan fingerprint density at radius 1 is 1.06 bits per heavy atom. The van der Waals surface area contributed by atoms with Gasteiger partial charge in [-0.15, -0.1) is 0 Å². The molecule has 0 spiro atoms. The Bertz CT molecular complexity index is 173. The van der Waals surface area contributed by atoms with E-state index in [0.29, 0.717) is 11.5 Å². The maximum atomic E-state index is 3.42. The van der Waals surface area contributed by atoms with Crippen LogP contribution in [0.25, 0.3) is 0 Å². The van der Waals surface area contributed by atoms with Gasteiger partial charge in [-0.25, -0.2) is 0 Å². The second kappa shape index (κ2) is 7.25. The Labute approximate surface area is 102 Å². The molecule has 98 valence electrons. The van der Waals surface area contributed by atoms with Crippen molar-refractivity contribution in [1.82, 2.24) is 15.1 Å². The highest BCUT2D eigenvalue weighted by molar-refractivity contribution is 4.81. The largest absolute Gasteiger partial charge is 0.315 e. The van der Waals surface area contributed by atoms with Crippen LogP contribution in [0.2, 0.25) is 0 Å². The molecule has 1 atom stereocenters. The predicted octanol–water partition coefficient (Wildman–Crippen LogP) is 1.50. The molecule has 1 N–H and O–H groups in total. The zero-order valence-corrected chi connectivity index (χ0v) is 12.3. The molecule has 0 unspecified atom stereocenters. The Morgan fingerprint density at radius 3 is 2.00 bits per heavy atom. The molecule has 0 aromatic carbocycles. The molecule has 0 saturated carbocycles. The molecule has 0 fully saturated rings. The average molecular weight is 229 g/mol. The average Bonchev–Trinajstić information content (AvgIpc) is 2.11. The van der Waals surface area contributed by atoms with E-state index in [4.69, 9.17) is 0 Å². The maximum absolute atomic E-state index is 3.42. The Morgan fingerprint density at radius 2 is 1.62 bits per heavy atom. The fourth-order valence-electron chi connectivity index (χ4n) is 1.86. The molecule has 0 heterocycles. The van der Waals surface area contributed by atoms with Gasteiger partial charge >= 0.3 is 0 Å². The third-order valence-electron chi connectivity index (χ3n) is 3.03. The molecular formula is C13H31N3. The van der Waals surface area contributed by atoms with Crippen LogP contribution in [0.3, 0.4) is 0 Å². The van der Waals surface area contributed by atoms with Gasteiger partial charge in [0.15, 0.2) is 0 Å². The number of hydrogen-bond acceptors (Lipinski definition) is 3. The molecule has 0 aromatic rings. The van der Waals surface area contributed by atoms with Crippen molar-refractivity contribution in [2.75, 3.05) is 47.8 Å². The summed E-state index contributed by atoms with van der Waals surface area (Å²) in [5.41, 5.74) is 0.324. The van der Waals surface area contributed by atoms with E-state index < -0.39 is 0 Å².